The molecule has 2 aromatic carbocycles. The Bertz CT molecular complexity index is 690. The van der Waals surface area contributed by atoms with Gasteiger partial charge in [-0.2, -0.15) is 13.2 Å². The highest BCUT2D eigenvalue weighted by Gasteiger charge is 2.30. The molecule has 0 saturated heterocycles. The molecule has 25 heavy (non-hydrogen) atoms. The highest BCUT2D eigenvalue weighted by Crippen LogP contribution is 2.31. The number of alkyl halides is 3. The van der Waals surface area contributed by atoms with E-state index >= 15 is 0 Å². The maximum atomic E-state index is 12.6. The zero-order valence-corrected chi connectivity index (χ0v) is 13.7. The van der Waals surface area contributed by atoms with E-state index in [1.807, 2.05) is 30.3 Å². The average Bonchev–Trinajstić information content (AvgIpc) is 2.59. The van der Waals surface area contributed by atoms with Gasteiger partial charge in [-0.05, 0) is 23.8 Å². The maximum absolute atomic E-state index is 12.6. The first-order chi connectivity index (χ1) is 11.9. The van der Waals surface area contributed by atoms with Crippen molar-refractivity contribution in [2.75, 3.05) is 20.2 Å². The Morgan fingerprint density at radius 2 is 1.84 bits per heavy atom. The van der Waals surface area contributed by atoms with Crippen molar-refractivity contribution in [3.8, 4) is 5.75 Å². The van der Waals surface area contributed by atoms with Gasteiger partial charge in [-0.25, -0.2) is 4.79 Å². The standard InChI is InChI=1S/C18H19F3N2O2/c1-23(13-14-6-3-2-4-7-14)17(24)22-10-11-25-16-9-5-8-15(12-16)18(19,20)21/h2-9,12H,10-11,13H2,1H3,(H,22,24). The van der Waals surface area contributed by atoms with E-state index in [2.05, 4.69) is 5.32 Å². The van der Waals surface area contributed by atoms with Gasteiger partial charge in [-0.15, -0.1) is 0 Å². The topological polar surface area (TPSA) is 41.6 Å². The number of benzene rings is 2. The van der Waals surface area contributed by atoms with Gasteiger partial charge >= 0.3 is 12.2 Å². The fourth-order valence-electron chi connectivity index (χ4n) is 2.15. The fraction of sp³-hybridized carbons (Fsp3) is 0.278. The number of rotatable bonds is 6. The number of halogens is 3. The number of nitrogens with zero attached hydrogens (tertiary/aromatic N) is 1. The third-order valence-corrected chi connectivity index (χ3v) is 3.42. The van der Waals surface area contributed by atoms with E-state index in [1.54, 1.807) is 7.05 Å². The number of carbonyl (C=O) groups is 1. The van der Waals surface area contributed by atoms with Crippen LogP contribution >= 0.6 is 0 Å². The smallest absolute Gasteiger partial charge is 0.416 e. The summed E-state index contributed by atoms with van der Waals surface area (Å²) in [5.74, 6) is 0.113. The van der Waals surface area contributed by atoms with Crippen LogP contribution in [-0.4, -0.2) is 31.1 Å². The average molecular weight is 352 g/mol. The summed E-state index contributed by atoms with van der Waals surface area (Å²) < 4.78 is 43.1. The van der Waals surface area contributed by atoms with Gasteiger partial charge in [0.15, 0.2) is 0 Å². The molecule has 0 bridgehead atoms. The molecule has 0 fully saturated rings. The van der Waals surface area contributed by atoms with Gasteiger partial charge in [0.25, 0.3) is 0 Å². The van der Waals surface area contributed by atoms with Crippen LogP contribution < -0.4 is 10.1 Å². The number of ether oxygens (including phenoxy) is 1. The second kappa shape index (κ2) is 8.41. The summed E-state index contributed by atoms with van der Waals surface area (Å²) in [6, 6.07) is 13.9. The number of hydrogen-bond acceptors (Lipinski definition) is 2. The number of hydrogen-bond donors (Lipinski definition) is 1. The van der Waals surface area contributed by atoms with Gasteiger partial charge < -0.3 is 15.0 Å². The number of urea groups is 1. The molecule has 0 radical (unpaired) electrons. The second-order valence-corrected chi connectivity index (χ2v) is 5.45. The zero-order chi connectivity index (χ0) is 18.3. The Hall–Kier alpha value is -2.70. The molecular formula is C18H19F3N2O2. The molecule has 7 heteroatoms. The van der Waals surface area contributed by atoms with Crippen LogP contribution in [0.1, 0.15) is 11.1 Å². The summed E-state index contributed by atoms with van der Waals surface area (Å²) in [4.78, 5) is 13.5. The molecule has 0 unspecified atom stereocenters. The van der Waals surface area contributed by atoms with Crippen LogP contribution in [-0.2, 0) is 12.7 Å². The van der Waals surface area contributed by atoms with Crippen molar-refractivity contribution in [2.24, 2.45) is 0 Å². The van der Waals surface area contributed by atoms with Gasteiger partial charge in [-0.3, -0.25) is 0 Å². The highest BCUT2D eigenvalue weighted by atomic mass is 19.4. The van der Waals surface area contributed by atoms with Crippen molar-refractivity contribution in [3.05, 3.63) is 65.7 Å². The molecule has 0 aliphatic heterocycles. The highest BCUT2D eigenvalue weighted by molar-refractivity contribution is 5.73. The summed E-state index contributed by atoms with van der Waals surface area (Å²) in [5, 5.41) is 2.66. The van der Waals surface area contributed by atoms with Crippen molar-refractivity contribution < 1.29 is 22.7 Å². The molecule has 0 aliphatic carbocycles. The predicted molar refractivity (Wildman–Crippen MR) is 88.2 cm³/mol. The van der Waals surface area contributed by atoms with Crippen LogP contribution in [0.15, 0.2) is 54.6 Å². The summed E-state index contributed by atoms with van der Waals surface area (Å²) in [6.07, 6.45) is -4.41. The van der Waals surface area contributed by atoms with Crippen molar-refractivity contribution in [3.63, 3.8) is 0 Å². The number of amides is 2. The predicted octanol–water partition coefficient (Wildman–Crippen LogP) is 3.93. The Kier molecular flexibility index (Phi) is 6.27. The van der Waals surface area contributed by atoms with E-state index in [0.29, 0.717) is 6.54 Å². The monoisotopic (exact) mass is 352 g/mol. The van der Waals surface area contributed by atoms with E-state index in [1.165, 1.54) is 17.0 Å². The largest absolute Gasteiger partial charge is 0.492 e. The van der Waals surface area contributed by atoms with Crippen molar-refractivity contribution >= 4 is 6.03 Å². The van der Waals surface area contributed by atoms with Gasteiger partial charge in [0.2, 0.25) is 0 Å². The molecule has 0 spiro atoms. The van der Waals surface area contributed by atoms with E-state index < -0.39 is 11.7 Å². The van der Waals surface area contributed by atoms with Crippen LogP contribution in [0.5, 0.6) is 5.75 Å². The van der Waals surface area contributed by atoms with Gasteiger partial charge in [-0.1, -0.05) is 36.4 Å². The lowest BCUT2D eigenvalue weighted by Crippen LogP contribution is -2.38. The van der Waals surface area contributed by atoms with Crippen LogP contribution in [0.25, 0.3) is 0 Å². The van der Waals surface area contributed by atoms with E-state index in [4.69, 9.17) is 4.74 Å². The van der Waals surface area contributed by atoms with Crippen LogP contribution in [0.4, 0.5) is 18.0 Å². The molecule has 134 valence electrons. The summed E-state index contributed by atoms with van der Waals surface area (Å²) in [5.41, 5.74) is 0.233. The molecule has 2 amide bonds. The van der Waals surface area contributed by atoms with Gasteiger partial charge in [0.1, 0.15) is 12.4 Å². The molecule has 0 heterocycles. The lowest BCUT2D eigenvalue weighted by molar-refractivity contribution is -0.137. The third kappa shape index (κ3) is 6.02. The Labute approximate surface area is 144 Å². The molecule has 0 atom stereocenters. The molecule has 0 saturated carbocycles. The first kappa shape index (κ1) is 18.6. The molecule has 2 rings (SSSR count). The van der Waals surface area contributed by atoms with Gasteiger partial charge in [0.05, 0.1) is 12.1 Å². The Balaban J connectivity index is 1.74. The normalized spacial score (nSPS) is 11.0. The third-order valence-electron chi connectivity index (χ3n) is 3.42. The minimum atomic E-state index is -4.41. The molecule has 0 aliphatic rings. The van der Waals surface area contributed by atoms with E-state index in [-0.39, 0.29) is 24.9 Å². The van der Waals surface area contributed by atoms with Gasteiger partial charge in [0, 0.05) is 13.6 Å². The van der Waals surface area contributed by atoms with Crippen molar-refractivity contribution in [1.82, 2.24) is 10.2 Å². The minimum absolute atomic E-state index is 0.0756. The van der Waals surface area contributed by atoms with Crippen LogP contribution in [0, 0.1) is 0 Å². The second-order valence-electron chi connectivity index (χ2n) is 5.45. The van der Waals surface area contributed by atoms with E-state index in [9.17, 15) is 18.0 Å². The Morgan fingerprint density at radius 1 is 1.12 bits per heavy atom. The molecule has 1 N–H and O–H groups in total. The SMILES string of the molecule is CN(Cc1ccccc1)C(=O)NCCOc1cccc(C(F)(F)F)c1. The minimum Gasteiger partial charge on any atom is -0.492 e. The summed E-state index contributed by atoms with van der Waals surface area (Å²) in [7, 11) is 1.66. The summed E-state index contributed by atoms with van der Waals surface area (Å²) >= 11 is 0. The van der Waals surface area contributed by atoms with Crippen molar-refractivity contribution in [2.45, 2.75) is 12.7 Å². The van der Waals surface area contributed by atoms with Crippen LogP contribution in [0.3, 0.4) is 0 Å². The van der Waals surface area contributed by atoms with Crippen molar-refractivity contribution in [1.29, 1.82) is 0 Å². The lowest BCUT2D eigenvalue weighted by atomic mass is 10.2. The molecular weight excluding hydrogens is 333 g/mol. The maximum Gasteiger partial charge on any atom is 0.416 e. The molecule has 2 aromatic rings. The number of nitrogens with one attached hydrogen (secondary N) is 1. The zero-order valence-electron chi connectivity index (χ0n) is 13.7. The first-order valence-electron chi connectivity index (χ1n) is 7.69. The number of carbonyl (C=O) groups excluding carboxylic acids is 1. The first-order valence-corrected chi connectivity index (χ1v) is 7.69. The quantitative estimate of drug-likeness (QED) is 0.801. The Morgan fingerprint density at radius 3 is 2.52 bits per heavy atom. The molecule has 4 nitrogen and oxygen atoms in total. The van der Waals surface area contributed by atoms with Crippen LogP contribution in [0.2, 0.25) is 0 Å². The van der Waals surface area contributed by atoms with E-state index in [0.717, 1.165) is 17.7 Å². The molecule has 0 aromatic heterocycles. The fourth-order valence-corrected chi connectivity index (χ4v) is 2.15. The lowest BCUT2D eigenvalue weighted by Gasteiger charge is -2.18. The summed E-state index contributed by atoms with van der Waals surface area (Å²) in [6.45, 7) is 0.724.